The minimum absolute atomic E-state index is 0.0865. The SMILES string of the molecule is O=C(O)CCc1ccc(OC(=O)c2ccccc2)cc1. The van der Waals surface area contributed by atoms with Gasteiger partial charge in [-0.15, -0.1) is 0 Å². The lowest BCUT2D eigenvalue weighted by atomic mass is 10.1. The molecule has 0 aliphatic carbocycles. The van der Waals surface area contributed by atoms with E-state index in [1.807, 2.05) is 6.07 Å². The number of ether oxygens (including phenoxy) is 1. The van der Waals surface area contributed by atoms with Gasteiger partial charge in [-0.25, -0.2) is 4.79 Å². The molecule has 0 atom stereocenters. The number of carbonyl (C=O) groups excluding carboxylic acids is 1. The van der Waals surface area contributed by atoms with Crippen molar-refractivity contribution in [2.24, 2.45) is 0 Å². The zero-order chi connectivity index (χ0) is 14.4. The first-order valence-electron chi connectivity index (χ1n) is 6.23. The van der Waals surface area contributed by atoms with Crippen LogP contribution in [0.25, 0.3) is 0 Å². The molecule has 0 fully saturated rings. The highest BCUT2D eigenvalue weighted by molar-refractivity contribution is 5.90. The monoisotopic (exact) mass is 270 g/mol. The molecule has 4 nitrogen and oxygen atoms in total. The number of carboxylic acids is 1. The Morgan fingerprint density at radius 3 is 2.20 bits per heavy atom. The maximum atomic E-state index is 11.8. The van der Waals surface area contributed by atoms with E-state index in [4.69, 9.17) is 9.84 Å². The van der Waals surface area contributed by atoms with Gasteiger partial charge in [0, 0.05) is 6.42 Å². The second-order valence-electron chi connectivity index (χ2n) is 4.29. The molecule has 0 spiro atoms. The predicted molar refractivity (Wildman–Crippen MR) is 73.8 cm³/mol. The number of carbonyl (C=O) groups is 2. The van der Waals surface area contributed by atoms with Crippen LogP contribution in [0.5, 0.6) is 5.75 Å². The lowest BCUT2D eigenvalue weighted by Gasteiger charge is -2.05. The van der Waals surface area contributed by atoms with Crippen LogP contribution in [0.4, 0.5) is 0 Å². The van der Waals surface area contributed by atoms with Crippen molar-refractivity contribution in [3.63, 3.8) is 0 Å². The lowest BCUT2D eigenvalue weighted by molar-refractivity contribution is -0.136. The zero-order valence-corrected chi connectivity index (χ0v) is 10.8. The van der Waals surface area contributed by atoms with E-state index in [-0.39, 0.29) is 6.42 Å². The van der Waals surface area contributed by atoms with Crippen LogP contribution in [0.1, 0.15) is 22.3 Å². The van der Waals surface area contributed by atoms with Crippen LogP contribution in [0, 0.1) is 0 Å². The molecule has 0 aromatic heterocycles. The van der Waals surface area contributed by atoms with Crippen LogP contribution in [-0.2, 0) is 11.2 Å². The molecule has 2 rings (SSSR count). The summed E-state index contributed by atoms with van der Waals surface area (Å²) < 4.78 is 5.23. The third kappa shape index (κ3) is 3.95. The minimum Gasteiger partial charge on any atom is -0.481 e. The van der Waals surface area contributed by atoms with Crippen LogP contribution >= 0.6 is 0 Å². The molecule has 2 aromatic rings. The number of aryl methyl sites for hydroxylation is 1. The Kier molecular flexibility index (Phi) is 4.50. The summed E-state index contributed by atoms with van der Waals surface area (Å²) in [6.07, 6.45) is 0.547. The first-order chi connectivity index (χ1) is 9.65. The van der Waals surface area contributed by atoms with Crippen molar-refractivity contribution >= 4 is 11.9 Å². The van der Waals surface area contributed by atoms with Crippen molar-refractivity contribution in [2.75, 3.05) is 0 Å². The van der Waals surface area contributed by atoms with Gasteiger partial charge in [0.2, 0.25) is 0 Å². The molecule has 4 heteroatoms. The van der Waals surface area contributed by atoms with Crippen molar-refractivity contribution in [3.8, 4) is 5.75 Å². The summed E-state index contributed by atoms with van der Waals surface area (Å²) in [5, 5.41) is 8.61. The molecule has 0 aliphatic heterocycles. The summed E-state index contributed by atoms with van der Waals surface area (Å²) in [7, 11) is 0. The molecular weight excluding hydrogens is 256 g/mol. The van der Waals surface area contributed by atoms with Crippen LogP contribution in [0.2, 0.25) is 0 Å². The number of carboxylic acid groups (broad SMARTS) is 1. The van der Waals surface area contributed by atoms with E-state index >= 15 is 0 Å². The summed E-state index contributed by atoms with van der Waals surface area (Å²) in [5.74, 6) is -0.800. The third-order valence-corrected chi connectivity index (χ3v) is 2.77. The van der Waals surface area contributed by atoms with Crippen LogP contribution in [0.3, 0.4) is 0 Å². The van der Waals surface area contributed by atoms with Gasteiger partial charge >= 0.3 is 11.9 Å². The second kappa shape index (κ2) is 6.52. The Morgan fingerprint density at radius 1 is 0.950 bits per heavy atom. The van der Waals surface area contributed by atoms with Crippen LogP contribution in [-0.4, -0.2) is 17.0 Å². The molecular formula is C16H14O4. The number of hydrogen-bond donors (Lipinski definition) is 1. The molecule has 0 aliphatic rings. The predicted octanol–water partition coefficient (Wildman–Crippen LogP) is 2.92. The molecule has 0 saturated carbocycles. The summed E-state index contributed by atoms with van der Waals surface area (Å²) >= 11 is 0. The average molecular weight is 270 g/mol. The minimum atomic E-state index is -0.829. The van der Waals surface area contributed by atoms with Crippen LogP contribution < -0.4 is 4.74 Å². The lowest BCUT2D eigenvalue weighted by Crippen LogP contribution is -2.08. The van der Waals surface area contributed by atoms with Gasteiger partial charge in [-0.05, 0) is 36.2 Å². The standard InChI is InChI=1S/C16H14O4/c17-15(18)11-8-12-6-9-14(10-7-12)20-16(19)13-4-2-1-3-5-13/h1-7,9-10H,8,11H2,(H,17,18). The van der Waals surface area contributed by atoms with Gasteiger partial charge in [0.1, 0.15) is 5.75 Å². The maximum Gasteiger partial charge on any atom is 0.343 e. The Balaban J connectivity index is 1.97. The van der Waals surface area contributed by atoms with E-state index in [0.29, 0.717) is 17.7 Å². The molecule has 0 unspecified atom stereocenters. The number of hydrogen-bond acceptors (Lipinski definition) is 3. The van der Waals surface area contributed by atoms with E-state index in [9.17, 15) is 9.59 Å². The highest BCUT2D eigenvalue weighted by Crippen LogP contribution is 2.15. The summed E-state index contributed by atoms with van der Waals surface area (Å²) in [5.41, 5.74) is 1.38. The van der Waals surface area contributed by atoms with Crippen molar-refractivity contribution in [2.45, 2.75) is 12.8 Å². The summed E-state index contributed by atoms with van der Waals surface area (Å²) in [4.78, 5) is 22.3. The summed E-state index contributed by atoms with van der Waals surface area (Å²) in [6, 6.07) is 15.6. The summed E-state index contributed by atoms with van der Waals surface area (Å²) in [6.45, 7) is 0. The fourth-order valence-electron chi connectivity index (χ4n) is 1.72. The Morgan fingerprint density at radius 2 is 1.60 bits per heavy atom. The van der Waals surface area contributed by atoms with E-state index < -0.39 is 11.9 Å². The van der Waals surface area contributed by atoms with Gasteiger partial charge in [0.05, 0.1) is 5.56 Å². The quantitative estimate of drug-likeness (QED) is 0.670. The topological polar surface area (TPSA) is 63.6 Å². The van der Waals surface area contributed by atoms with Crippen molar-refractivity contribution in [1.29, 1.82) is 0 Å². The van der Waals surface area contributed by atoms with Crippen molar-refractivity contribution in [3.05, 3.63) is 65.7 Å². The smallest absolute Gasteiger partial charge is 0.343 e. The molecule has 1 N–H and O–H groups in total. The van der Waals surface area contributed by atoms with Gasteiger partial charge in [-0.1, -0.05) is 30.3 Å². The molecule has 2 aromatic carbocycles. The Bertz CT molecular complexity index is 588. The molecule has 0 radical (unpaired) electrons. The van der Waals surface area contributed by atoms with Crippen molar-refractivity contribution < 1.29 is 19.4 Å². The first-order valence-corrected chi connectivity index (χ1v) is 6.23. The van der Waals surface area contributed by atoms with E-state index in [1.165, 1.54) is 0 Å². The number of aliphatic carboxylic acids is 1. The third-order valence-electron chi connectivity index (χ3n) is 2.77. The van der Waals surface area contributed by atoms with Crippen LogP contribution in [0.15, 0.2) is 54.6 Å². The zero-order valence-electron chi connectivity index (χ0n) is 10.8. The number of rotatable bonds is 5. The molecule has 102 valence electrons. The fraction of sp³-hybridized carbons (Fsp3) is 0.125. The van der Waals surface area contributed by atoms with Gasteiger partial charge in [-0.3, -0.25) is 4.79 Å². The normalized spacial score (nSPS) is 10.0. The molecule has 0 heterocycles. The van der Waals surface area contributed by atoms with Crippen molar-refractivity contribution in [1.82, 2.24) is 0 Å². The first kappa shape index (κ1) is 13.8. The number of benzene rings is 2. The number of esters is 1. The Hall–Kier alpha value is -2.62. The average Bonchev–Trinajstić information content (AvgIpc) is 2.47. The maximum absolute atomic E-state index is 11.8. The highest BCUT2D eigenvalue weighted by atomic mass is 16.5. The van der Waals surface area contributed by atoms with Gasteiger partial charge in [-0.2, -0.15) is 0 Å². The van der Waals surface area contributed by atoms with Gasteiger partial charge in [0.25, 0.3) is 0 Å². The molecule has 0 saturated heterocycles. The molecule has 0 amide bonds. The fourth-order valence-corrected chi connectivity index (χ4v) is 1.72. The molecule has 0 bridgehead atoms. The van der Waals surface area contributed by atoms with E-state index in [2.05, 4.69) is 0 Å². The second-order valence-corrected chi connectivity index (χ2v) is 4.29. The van der Waals surface area contributed by atoms with Gasteiger partial charge < -0.3 is 9.84 Å². The molecule has 20 heavy (non-hydrogen) atoms. The van der Waals surface area contributed by atoms with E-state index in [1.54, 1.807) is 48.5 Å². The largest absolute Gasteiger partial charge is 0.481 e. The highest BCUT2D eigenvalue weighted by Gasteiger charge is 2.07. The van der Waals surface area contributed by atoms with E-state index in [0.717, 1.165) is 5.56 Å². The van der Waals surface area contributed by atoms with Gasteiger partial charge in [0.15, 0.2) is 0 Å². The Labute approximate surface area is 116 Å².